The van der Waals surface area contributed by atoms with Crippen molar-refractivity contribution in [2.45, 2.75) is 25.4 Å². The smallest absolute Gasteiger partial charge is 0.122 e. The van der Waals surface area contributed by atoms with Gasteiger partial charge >= 0.3 is 0 Å². The van der Waals surface area contributed by atoms with Crippen LogP contribution >= 0.6 is 0 Å². The molecule has 3 rings (SSSR count). The predicted octanol–water partition coefficient (Wildman–Crippen LogP) is 3.08. The lowest BCUT2D eigenvalue weighted by molar-refractivity contribution is 0.209. The van der Waals surface area contributed by atoms with Crippen molar-refractivity contribution >= 4 is 0 Å². The van der Waals surface area contributed by atoms with Crippen LogP contribution in [0.2, 0.25) is 0 Å². The summed E-state index contributed by atoms with van der Waals surface area (Å²) < 4.78 is 5.62. The van der Waals surface area contributed by atoms with Gasteiger partial charge < -0.3 is 9.73 Å². The highest BCUT2D eigenvalue weighted by atomic mass is 16.3. The zero-order valence-corrected chi connectivity index (χ0v) is 12.7. The van der Waals surface area contributed by atoms with Crippen LogP contribution in [-0.2, 0) is 6.54 Å². The second kappa shape index (κ2) is 7.26. The minimum atomic E-state index is 0.302. The molecule has 0 unspecified atom stereocenters. The lowest BCUT2D eigenvalue weighted by Gasteiger charge is -2.26. The van der Waals surface area contributed by atoms with Gasteiger partial charge in [0.15, 0.2) is 0 Å². The van der Waals surface area contributed by atoms with E-state index >= 15 is 0 Å². The maximum Gasteiger partial charge on any atom is 0.122 e. The van der Waals surface area contributed by atoms with Crippen molar-refractivity contribution in [3.05, 3.63) is 59.5 Å². The van der Waals surface area contributed by atoms with Gasteiger partial charge in [0.25, 0.3) is 0 Å². The van der Waals surface area contributed by atoms with E-state index in [0.717, 1.165) is 31.9 Å². The molecule has 114 valence electrons. The molecule has 4 nitrogen and oxygen atoms in total. The molecule has 0 amide bonds. The fourth-order valence-corrected chi connectivity index (χ4v) is 2.99. The van der Waals surface area contributed by atoms with Crippen molar-refractivity contribution < 1.29 is 4.42 Å². The average molecular weight is 295 g/mol. The highest BCUT2D eigenvalue weighted by Crippen LogP contribution is 2.24. The van der Waals surface area contributed by atoms with Crippen LogP contribution < -0.4 is 5.32 Å². The average Bonchev–Trinajstić information content (AvgIpc) is 3.26. The Bertz CT molecular complexity index is 607. The van der Waals surface area contributed by atoms with E-state index in [9.17, 15) is 0 Å². The normalized spacial score (nSPS) is 16.5. The summed E-state index contributed by atoms with van der Waals surface area (Å²) >= 11 is 0. The number of nitriles is 1. The summed E-state index contributed by atoms with van der Waals surface area (Å²) in [5.41, 5.74) is 1.90. The third kappa shape index (κ3) is 3.56. The molecular formula is C18H21N3O. The molecule has 1 fully saturated rings. The molecule has 1 aromatic carbocycles. The number of hydrogen-bond donors (Lipinski definition) is 1. The fraction of sp³-hybridized carbons (Fsp3) is 0.389. The molecule has 0 saturated carbocycles. The Morgan fingerprint density at radius 3 is 2.59 bits per heavy atom. The summed E-state index contributed by atoms with van der Waals surface area (Å²) in [6, 6.07) is 14.2. The van der Waals surface area contributed by atoms with Gasteiger partial charge in [0.05, 0.1) is 23.9 Å². The van der Waals surface area contributed by atoms with Crippen molar-refractivity contribution in [2.24, 2.45) is 0 Å². The first kappa shape index (κ1) is 14.8. The van der Waals surface area contributed by atoms with Gasteiger partial charge in [-0.25, -0.2) is 0 Å². The molecule has 1 aliphatic rings. The van der Waals surface area contributed by atoms with Crippen molar-refractivity contribution in [1.29, 1.82) is 5.26 Å². The van der Waals surface area contributed by atoms with Crippen LogP contribution in [0.15, 0.2) is 47.1 Å². The standard InChI is InChI=1S/C18H21N3O/c19-12-15-5-7-16(8-6-15)13-20-14-17(18-4-3-11-22-18)21-9-1-2-10-21/h3-8,11,17,20H,1-2,9-10,13-14H2/t17-/m0/s1. The van der Waals surface area contributed by atoms with E-state index < -0.39 is 0 Å². The Morgan fingerprint density at radius 2 is 1.95 bits per heavy atom. The second-order valence-electron chi connectivity index (χ2n) is 5.71. The van der Waals surface area contributed by atoms with Crippen LogP contribution in [0.3, 0.4) is 0 Å². The van der Waals surface area contributed by atoms with Gasteiger partial charge in [-0.05, 0) is 55.8 Å². The Balaban J connectivity index is 1.58. The largest absolute Gasteiger partial charge is 0.468 e. The number of nitrogens with zero attached hydrogens (tertiary/aromatic N) is 2. The van der Waals surface area contributed by atoms with Crippen LogP contribution in [0.5, 0.6) is 0 Å². The van der Waals surface area contributed by atoms with E-state index in [0.29, 0.717) is 11.6 Å². The number of benzene rings is 1. The van der Waals surface area contributed by atoms with E-state index in [1.807, 2.05) is 30.3 Å². The summed E-state index contributed by atoms with van der Waals surface area (Å²) in [7, 11) is 0. The lowest BCUT2D eigenvalue weighted by Crippen LogP contribution is -2.33. The third-order valence-corrected chi connectivity index (χ3v) is 4.20. The molecule has 1 atom stereocenters. The molecule has 1 saturated heterocycles. The maximum atomic E-state index is 8.82. The summed E-state index contributed by atoms with van der Waals surface area (Å²) in [5, 5.41) is 12.3. The van der Waals surface area contributed by atoms with Crippen molar-refractivity contribution in [1.82, 2.24) is 10.2 Å². The SMILES string of the molecule is N#Cc1ccc(CNC[C@@H](c2ccco2)N2CCCC2)cc1. The van der Waals surface area contributed by atoms with E-state index in [-0.39, 0.29) is 0 Å². The molecule has 1 N–H and O–H groups in total. The second-order valence-corrected chi connectivity index (χ2v) is 5.71. The zero-order valence-electron chi connectivity index (χ0n) is 12.7. The minimum absolute atomic E-state index is 0.302. The Labute approximate surface area is 131 Å². The number of furan rings is 1. The molecule has 1 aromatic heterocycles. The Kier molecular flexibility index (Phi) is 4.89. The van der Waals surface area contributed by atoms with Crippen LogP contribution in [0.25, 0.3) is 0 Å². The van der Waals surface area contributed by atoms with E-state index in [2.05, 4.69) is 22.4 Å². The fourth-order valence-electron chi connectivity index (χ4n) is 2.99. The summed E-state index contributed by atoms with van der Waals surface area (Å²) in [5.74, 6) is 1.04. The van der Waals surface area contributed by atoms with E-state index in [1.165, 1.54) is 18.4 Å². The lowest BCUT2D eigenvalue weighted by atomic mass is 10.1. The van der Waals surface area contributed by atoms with Crippen LogP contribution in [-0.4, -0.2) is 24.5 Å². The Morgan fingerprint density at radius 1 is 1.18 bits per heavy atom. The van der Waals surface area contributed by atoms with E-state index in [1.54, 1.807) is 6.26 Å². The van der Waals surface area contributed by atoms with Gasteiger partial charge in [-0.2, -0.15) is 5.26 Å². The van der Waals surface area contributed by atoms with Gasteiger partial charge in [-0.1, -0.05) is 12.1 Å². The van der Waals surface area contributed by atoms with Gasteiger partial charge in [0, 0.05) is 13.1 Å². The molecule has 0 spiro atoms. The van der Waals surface area contributed by atoms with Gasteiger partial charge in [-0.3, -0.25) is 4.90 Å². The van der Waals surface area contributed by atoms with Crippen molar-refractivity contribution in [2.75, 3.05) is 19.6 Å². The summed E-state index contributed by atoms with van der Waals surface area (Å²) in [6.07, 6.45) is 4.29. The molecule has 2 aromatic rings. The van der Waals surface area contributed by atoms with Crippen molar-refractivity contribution in [3.63, 3.8) is 0 Å². The first-order chi connectivity index (χ1) is 10.9. The molecule has 0 radical (unpaired) electrons. The van der Waals surface area contributed by atoms with E-state index in [4.69, 9.17) is 9.68 Å². The molecule has 22 heavy (non-hydrogen) atoms. The number of hydrogen-bond acceptors (Lipinski definition) is 4. The van der Waals surface area contributed by atoms with Gasteiger partial charge in [0.2, 0.25) is 0 Å². The number of likely N-dealkylation sites (tertiary alicyclic amines) is 1. The quantitative estimate of drug-likeness (QED) is 0.890. The van der Waals surface area contributed by atoms with Crippen LogP contribution in [0.1, 0.15) is 35.8 Å². The maximum absolute atomic E-state index is 8.82. The third-order valence-electron chi connectivity index (χ3n) is 4.20. The minimum Gasteiger partial charge on any atom is -0.468 e. The molecule has 0 aliphatic carbocycles. The first-order valence-electron chi connectivity index (χ1n) is 7.84. The summed E-state index contributed by atoms with van der Waals surface area (Å²) in [4.78, 5) is 2.49. The van der Waals surface area contributed by atoms with Gasteiger partial charge in [-0.15, -0.1) is 0 Å². The van der Waals surface area contributed by atoms with Gasteiger partial charge in [0.1, 0.15) is 5.76 Å². The predicted molar refractivity (Wildman–Crippen MR) is 85.1 cm³/mol. The summed E-state index contributed by atoms with van der Waals surface area (Å²) in [6.45, 7) is 3.96. The monoisotopic (exact) mass is 295 g/mol. The molecule has 2 heterocycles. The first-order valence-corrected chi connectivity index (χ1v) is 7.84. The highest BCUT2D eigenvalue weighted by molar-refractivity contribution is 5.31. The van der Waals surface area contributed by atoms with Crippen LogP contribution in [0.4, 0.5) is 0 Å². The molecule has 1 aliphatic heterocycles. The molecular weight excluding hydrogens is 274 g/mol. The molecule has 4 heteroatoms. The highest BCUT2D eigenvalue weighted by Gasteiger charge is 2.24. The molecule has 0 bridgehead atoms. The zero-order chi connectivity index (χ0) is 15.2. The Hall–Kier alpha value is -2.09. The van der Waals surface area contributed by atoms with Crippen molar-refractivity contribution in [3.8, 4) is 6.07 Å². The topological polar surface area (TPSA) is 52.2 Å². The number of nitrogens with one attached hydrogen (secondary N) is 1. The number of rotatable bonds is 6. The van der Waals surface area contributed by atoms with Crippen LogP contribution in [0, 0.1) is 11.3 Å².